The molecule has 0 saturated heterocycles. The quantitative estimate of drug-likeness (QED) is 0.0893. The molecule has 3 aromatic rings. The Bertz CT molecular complexity index is 1170. The molecular formula is C29H47N6O4PS. The molecule has 0 saturated carbocycles. The molecule has 228 valence electrons. The van der Waals surface area contributed by atoms with Crippen LogP contribution < -0.4 is 5.73 Å². The number of hydrogen-bond donors (Lipinski definition) is 2. The molecule has 0 aliphatic rings. The molecule has 0 spiro atoms. The van der Waals surface area contributed by atoms with Crippen LogP contribution >= 0.6 is 19.4 Å². The van der Waals surface area contributed by atoms with Crippen LogP contribution in [0.2, 0.25) is 0 Å². The predicted molar refractivity (Wildman–Crippen MR) is 167 cm³/mol. The summed E-state index contributed by atoms with van der Waals surface area (Å²) >= 11 is 1.77. The van der Waals surface area contributed by atoms with E-state index in [-0.39, 0.29) is 19.1 Å². The van der Waals surface area contributed by atoms with Crippen LogP contribution in [-0.4, -0.2) is 60.0 Å². The Labute approximate surface area is 248 Å². The SMILES string of the molecule is C[C@H](Cn1cnc2c(N)ncnc21)OCP(=O)(O)OCCSCCCCCCCCCCCCCc1cccnc1. The maximum absolute atomic E-state index is 12.3. The van der Waals surface area contributed by atoms with Crippen molar-refractivity contribution >= 4 is 36.3 Å². The first-order valence-electron chi connectivity index (χ1n) is 14.9. The summed E-state index contributed by atoms with van der Waals surface area (Å²) in [5.41, 5.74) is 8.29. The van der Waals surface area contributed by atoms with Crippen LogP contribution in [0.1, 0.15) is 83.1 Å². The van der Waals surface area contributed by atoms with E-state index in [1.165, 1.54) is 82.5 Å². The fourth-order valence-corrected chi connectivity index (χ4v) is 6.46. The third-order valence-electron chi connectivity index (χ3n) is 6.90. The van der Waals surface area contributed by atoms with E-state index in [4.69, 9.17) is 15.0 Å². The summed E-state index contributed by atoms with van der Waals surface area (Å²) in [7, 11) is -3.80. The first kappa shape index (κ1) is 33.5. The van der Waals surface area contributed by atoms with E-state index in [2.05, 4.69) is 26.0 Å². The maximum Gasteiger partial charge on any atom is 0.353 e. The standard InChI is InChI=1S/C29H47N6O4PS/c1-25(21-35-23-34-27-28(30)32-22-33-29(27)35)38-24-40(36,37)39-17-19-41-18-12-10-8-6-4-2-3-5-7-9-11-14-26-15-13-16-31-20-26/h13,15-16,20,22-23,25H,2-12,14,17-19,21,24H2,1H3,(H,36,37)(H2,30,32,33)/t25-/m1/s1. The molecule has 1 unspecified atom stereocenters. The molecule has 0 aliphatic carbocycles. The zero-order chi connectivity index (χ0) is 29.2. The molecule has 3 heterocycles. The van der Waals surface area contributed by atoms with Crippen molar-refractivity contribution in [3.63, 3.8) is 0 Å². The summed E-state index contributed by atoms with van der Waals surface area (Å²) < 4.78 is 24.9. The van der Waals surface area contributed by atoms with E-state index in [1.54, 1.807) is 22.7 Å². The number of thioether (sulfide) groups is 1. The first-order chi connectivity index (χ1) is 19.9. The summed E-state index contributed by atoms with van der Waals surface area (Å²) in [6.45, 7) is 2.47. The van der Waals surface area contributed by atoms with Crippen molar-refractivity contribution in [3.8, 4) is 0 Å². The number of rotatable bonds is 23. The number of aromatic nitrogens is 5. The van der Waals surface area contributed by atoms with E-state index < -0.39 is 7.60 Å². The molecule has 2 atom stereocenters. The molecule has 12 heteroatoms. The highest BCUT2D eigenvalue weighted by atomic mass is 32.2. The van der Waals surface area contributed by atoms with Gasteiger partial charge in [0.2, 0.25) is 0 Å². The molecular weight excluding hydrogens is 559 g/mol. The minimum absolute atomic E-state index is 0.238. The fourth-order valence-electron chi connectivity index (χ4n) is 4.63. The number of ether oxygens (including phenoxy) is 1. The van der Waals surface area contributed by atoms with E-state index >= 15 is 0 Å². The van der Waals surface area contributed by atoms with Gasteiger partial charge in [-0.1, -0.05) is 63.9 Å². The average Bonchev–Trinajstić information content (AvgIpc) is 3.38. The van der Waals surface area contributed by atoms with Crippen LogP contribution in [0.5, 0.6) is 0 Å². The lowest BCUT2D eigenvalue weighted by molar-refractivity contribution is 0.0724. The van der Waals surface area contributed by atoms with E-state index in [1.807, 2.05) is 25.4 Å². The summed E-state index contributed by atoms with van der Waals surface area (Å²) in [6.07, 6.45) is 21.6. The van der Waals surface area contributed by atoms with Gasteiger partial charge in [-0.15, -0.1) is 0 Å². The molecule has 0 aromatic carbocycles. The summed E-state index contributed by atoms with van der Waals surface area (Å²) in [6, 6.07) is 4.18. The molecule has 0 amide bonds. The van der Waals surface area contributed by atoms with Gasteiger partial charge in [-0.3, -0.25) is 9.55 Å². The van der Waals surface area contributed by atoms with Gasteiger partial charge in [0.25, 0.3) is 0 Å². The zero-order valence-corrected chi connectivity index (χ0v) is 26.1. The van der Waals surface area contributed by atoms with E-state index in [0.29, 0.717) is 29.3 Å². The van der Waals surface area contributed by atoms with Gasteiger partial charge in [-0.25, -0.2) is 15.0 Å². The van der Waals surface area contributed by atoms with Crippen LogP contribution in [0.25, 0.3) is 11.2 Å². The average molecular weight is 607 g/mol. The minimum Gasteiger partial charge on any atom is -0.382 e. The largest absolute Gasteiger partial charge is 0.382 e. The Balaban J connectivity index is 1.08. The van der Waals surface area contributed by atoms with Crippen LogP contribution in [0, 0.1) is 0 Å². The van der Waals surface area contributed by atoms with Crippen molar-refractivity contribution in [2.75, 3.05) is 30.2 Å². The Hall–Kier alpha value is -2.04. The molecule has 0 radical (unpaired) electrons. The number of aryl methyl sites for hydroxylation is 1. The van der Waals surface area contributed by atoms with Crippen molar-refractivity contribution in [2.45, 2.75) is 96.6 Å². The Kier molecular flexibility index (Phi) is 15.7. The van der Waals surface area contributed by atoms with Gasteiger partial charge in [0.1, 0.15) is 18.2 Å². The number of unbranched alkanes of at least 4 members (excludes halogenated alkanes) is 10. The van der Waals surface area contributed by atoms with Crippen molar-refractivity contribution < 1.29 is 18.7 Å². The van der Waals surface area contributed by atoms with Crippen molar-refractivity contribution in [2.24, 2.45) is 0 Å². The minimum atomic E-state index is -3.80. The highest BCUT2D eigenvalue weighted by Gasteiger charge is 2.21. The second kappa shape index (κ2) is 19.2. The van der Waals surface area contributed by atoms with Crippen molar-refractivity contribution in [3.05, 3.63) is 42.7 Å². The summed E-state index contributed by atoms with van der Waals surface area (Å²) in [4.78, 5) is 26.6. The van der Waals surface area contributed by atoms with E-state index in [9.17, 15) is 9.46 Å². The second-order valence-electron chi connectivity index (χ2n) is 10.5. The summed E-state index contributed by atoms with van der Waals surface area (Å²) in [5.74, 6) is 2.07. The zero-order valence-electron chi connectivity index (χ0n) is 24.4. The topological polar surface area (TPSA) is 138 Å². The van der Waals surface area contributed by atoms with Gasteiger partial charge in [-0.05, 0) is 43.6 Å². The summed E-state index contributed by atoms with van der Waals surface area (Å²) in [5, 5.41) is 0. The van der Waals surface area contributed by atoms with Crippen LogP contribution in [-0.2, 0) is 26.8 Å². The second-order valence-corrected chi connectivity index (χ2v) is 13.5. The lowest BCUT2D eigenvalue weighted by atomic mass is 10.0. The molecule has 10 nitrogen and oxygen atoms in total. The fraction of sp³-hybridized carbons (Fsp3) is 0.655. The highest BCUT2D eigenvalue weighted by molar-refractivity contribution is 7.99. The predicted octanol–water partition coefficient (Wildman–Crippen LogP) is 6.64. The Morgan fingerprint density at radius 3 is 2.41 bits per heavy atom. The third kappa shape index (κ3) is 13.7. The number of fused-ring (bicyclic) bond motifs is 1. The van der Waals surface area contributed by atoms with Crippen molar-refractivity contribution in [1.82, 2.24) is 24.5 Å². The first-order valence-corrected chi connectivity index (χ1v) is 17.8. The highest BCUT2D eigenvalue weighted by Crippen LogP contribution is 2.42. The molecule has 0 bridgehead atoms. The van der Waals surface area contributed by atoms with Gasteiger partial charge in [0.05, 0.1) is 25.6 Å². The smallest absolute Gasteiger partial charge is 0.353 e. The lowest BCUT2D eigenvalue weighted by Gasteiger charge is -2.17. The Morgan fingerprint density at radius 1 is 1.00 bits per heavy atom. The van der Waals surface area contributed by atoms with Gasteiger partial charge >= 0.3 is 7.60 Å². The third-order valence-corrected chi connectivity index (χ3v) is 9.00. The number of imidazole rings is 1. The van der Waals surface area contributed by atoms with Gasteiger partial charge in [-0.2, -0.15) is 11.8 Å². The normalized spacial score (nSPS) is 13.9. The number of nitrogen functional groups attached to an aromatic ring is 1. The molecule has 3 rings (SSSR count). The van der Waals surface area contributed by atoms with Crippen LogP contribution in [0.3, 0.4) is 0 Å². The Morgan fingerprint density at radius 2 is 1.71 bits per heavy atom. The molecule has 0 aliphatic heterocycles. The molecule has 41 heavy (non-hydrogen) atoms. The number of hydrogen-bond acceptors (Lipinski definition) is 9. The number of nitrogens with zero attached hydrogens (tertiary/aromatic N) is 5. The number of nitrogens with two attached hydrogens (primary N) is 1. The van der Waals surface area contributed by atoms with E-state index in [0.717, 1.165) is 12.2 Å². The van der Waals surface area contributed by atoms with Crippen LogP contribution in [0.15, 0.2) is 37.2 Å². The number of anilines is 1. The van der Waals surface area contributed by atoms with Gasteiger partial charge in [0, 0.05) is 18.1 Å². The van der Waals surface area contributed by atoms with Crippen molar-refractivity contribution in [1.29, 1.82) is 0 Å². The van der Waals surface area contributed by atoms with Gasteiger partial charge in [0.15, 0.2) is 11.5 Å². The molecule has 3 aromatic heterocycles. The monoisotopic (exact) mass is 606 g/mol. The number of pyridine rings is 1. The maximum atomic E-state index is 12.3. The molecule has 3 N–H and O–H groups in total. The molecule has 0 fully saturated rings. The van der Waals surface area contributed by atoms with Gasteiger partial charge < -0.3 is 24.5 Å². The van der Waals surface area contributed by atoms with Crippen LogP contribution in [0.4, 0.5) is 5.82 Å². The lowest BCUT2D eigenvalue weighted by Crippen LogP contribution is -2.17.